The van der Waals surface area contributed by atoms with E-state index in [9.17, 15) is 23.5 Å². The summed E-state index contributed by atoms with van der Waals surface area (Å²) in [6.45, 7) is 0. The third-order valence-electron chi connectivity index (χ3n) is 6.26. The van der Waals surface area contributed by atoms with E-state index in [1.54, 1.807) is 54.6 Å². The van der Waals surface area contributed by atoms with Crippen LogP contribution in [0.2, 0.25) is 5.02 Å². The average molecular weight is 547 g/mol. The molecule has 0 fully saturated rings. The van der Waals surface area contributed by atoms with Crippen LogP contribution in [0, 0.1) is 11.6 Å². The molecule has 0 saturated carbocycles. The van der Waals surface area contributed by atoms with Gasteiger partial charge in [0.15, 0.2) is 0 Å². The lowest BCUT2D eigenvalue weighted by atomic mass is 9.95. The molecule has 5 rings (SSSR count). The van der Waals surface area contributed by atoms with Gasteiger partial charge in [0.2, 0.25) is 0 Å². The maximum absolute atomic E-state index is 14.1. The first-order chi connectivity index (χ1) is 18.7. The number of rotatable bonds is 7. The second kappa shape index (κ2) is 10.6. The van der Waals surface area contributed by atoms with E-state index >= 15 is 0 Å². The highest BCUT2D eigenvalue weighted by Crippen LogP contribution is 2.37. The molecule has 4 aromatic carbocycles. The minimum atomic E-state index is -1.29. The summed E-state index contributed by atoms with van der Waals surface area (Å²) >= 11 is 6.19. The molecule has 0 spiro atoms. The van der Waals surface area contributed by atoms with Crippen LogP contribution < -0.4 is 10.1 Å². The minimum Gasteiger partial charge on any atom is -0.497 e. The van der Waals surface area contributed by atoms with Gasteiger partial charge in [0.05, 0.1) is 12.8 Å². The maximum atomic E-state index is 14.1. The van der Waals surface area contributed by atoms with Crippen LogP contribution >= 0.6 is 11.6 Å². The zero-order valence-corrected chi connectivity index (χ0v) is 21.3. The van der Waals surface area contributed by atoms with Crippen LogP contribution in [0.25, 0.3) is 22.0 Å². The number of aromatic amines is 1. The Morgan fingerprint density at radius 1 is 0.949 bits per heavy atom. The second-order valence-electron chi connectivity index (χ2n) is 8.89. The van der Waals surface area contributed by atoms with Gasteiger partial charge in [0.25, 0.3) is 5.91 Å². The number of hydrogen-bond donors (Lipinski definition) is 3. The van der Waals surface area contributed by atoms with Gasteiger partial charge in [-0.25, -0.2) is 13.6 Å². The van der Waals surface area contributed by atoms with Gasteiger partial charge in [-0.15, -0.1) is 0 Å². The lowest BCUT2D eigenvalue weighted by Gasteiger charge is -2.12. The molecule has 9 heteroatoms. The van der Waals surface area contributed by atoms with E-state index in [4.69, 9.17) is 16.3 Å². The SMILES string of the molecule is COc1ccc(C(=O)Nc2c(C(=O)O)[nH]c3cc(-c4cc(F)cc(F)c4)cc(Cc4cccc(Cl)c4)c23)cc1. The molecular weight excluding hydrogens is 526 g/mol. The zero-order chi connectivity index (χ0) is 27.7. The quantitative estimate of drug-likeness (QED) is 0.199. The van der Waals surface area contributed by atoms with Crippen LogP contribution in [0.1, 0.15) is 32.0 Å². The monoisotopic (exact) mass is 546 g/mol. The standard InChI is InChI=1S/C30H21ClF2N2O4/c1-39-24-7-5-17(6-8-24)29(36)35-27-26-20(9-16-3-2-4-21(31)10-16)11-18(14-25(26)34-28(27)30(37)38)19-12-22(32)15-23(33)13-19/h2-8,10-15,34H,9H2,1H3,(H,35,36)(H,37,38). The van der Waals surface area contributed by atoms with Crippen molar-refractivity contribution in [3.05, 3.63) is 118 Å². The summed E-state index contributed by atoms with van der Waals surface area (Å²) in [6, 6.07) is 20.0. The van der Waals surface area contributed by atoms with E-state index in [0.29, 0.717) is 44.8 Å². The summed E-state index contributed by atoms with van der Waals surface area (Å²) in [5.74, 6) is -2.73. The highest BCUT2D eigenvalue weighted by Gasteiger charge is 2.23. The summed E-state index contributed by atoms with van der Waals surface area (Å²) in [7, 11) is 1.51. The van der Waals surface area contributed by atoms with Crippen molar-refractivity contribution >= 4 is 40.1 Å². The lowest BCUT2D eigenvalue weighted by molar-refractivity contribution is 0.0692. The molecule has 0 aliphatic rings. The second-order valence-corrected chi connectivity index (χ2v) is 9.32. The molecule has 196 valence electrons. The molecule has 6 nitrogen and oxygen atoms in total. The number of nitrogens with one attached hydrogen (secondary N) is 2. The summed E-state index contributed by atoms with van der Waals surface area (Å²) in [4.78, 5) is 28.3. The van der Waals surface area contributed by atoms with Crippen molar-refractivity contribution in [3.8, 4) is 16.9 Å². The average Bonchev–Trinajstić information content (AvgIpc) is 3.27. The van der Waals surface area contributed by atoms with Gasteiger partial charge < -0.3 is 20.1 Å². The molecule has 1 heterocycles. The molecule has 0 aliphatic carbocycles. The summed E-state index contributed by atoms with van der Waals surface area (Å²) in [6.07, 6.45) is 0.297. The number of halogens is 3. The number of carboxylic acid groups (broad SMARTS) is 1. The Kier molecular flexibility index (Phi) is 7.04. The third kappa shape index (κ3) is 5.46. The van der Waals surface area contributed by atoms with Crippen molar-refractivity contribution < 1.29 is 28.2 Å². The molecule has 0 unspecified atom stereocenters. The number of fused-ring (bicyclic) bond motifs is 1. The predicted molar refractivity (Wildman–Crippen MR) is 146 cm³/mol. The van der Waals surface area contributed by atoms with Crippen molar-refractivity contribution in [2.45, 2.75) is 6.42 Å². The highest BCUT2D eigenvalue weighted by molar-refractivity contribution is 6.30. The van der Waals surface area contributed by atoms with Crippen molar-refractivity contribution in [1.29, 1.82) is 0 Å². The van der Waals surface area contributed by atoms with E-state index in [-0.39, 0.29) is 16.9 Å². The van der Waals surface area contributed by atoms with Gasteiger partial charge in [0.1, 0.15) is 23.1 Å². The first-order valence-electron chi connectivity index (χ1n) is 11.8. The van der Waals surface area contributed by atoms with Gasteiger partial charge in [-0.3, -0.25) is 4.79 Å². The number of benzene rings is 4. The highest BCUT2D eigenvalue weighted by atomic mass is 35.5. The molecule has 0 atom stereocenters. The Hall–Kier alpha value is -4.69. The smallest absolute Gasteiger partial charge is 0.354 e. The van der Waals surface area contributed by atoms with Gasteiger partial charge in [-0.2, -0.15) is 0 Å². The van der Waals surface area contributed by atoms with Gasteiger partial charge in [-0.05, 0) is 89.3 Å². The molecule has 3 N–H and O–H groups in total. The van der Waals surface area contributed by atoms with E-state index in [2.05, 4.69) is 10.3 Å². The molecule has 0 radical (unpaired) electrons. The van der Waals surface area contributed by atoms with Crippen molar-refractivity contribution in [2.75, 3.05) is 12.4 Å². The molecule has 0 saturated heterocycles. The predicted octanol–water partition coefficient (Wildman–Crippen LogP) is 7.32. The van der Waals surface area contributed by atoms with Crippen molar-refractivity contribution in [2.24, 2.45) is 0 Å². The van der Waals surface area contributed by atoms with Crippen molar-refractivity contribution in [3.63, 3.8) is 0 Å². The number of aromatic nitrogens is 1. The van der Waals surface area contributed by atoms with Crippen LogP contribution in [0.5, 0.6) is 5.75 Å². The number of methoxy groups -OCH3 is 1. The van der Waals surface area contributed by atoms with E-state index in [0.717, 1.165) is 11.6 Å². The Balaban J connectivity index is 1.69. The molecule has 39 heavy (non-hydrogen) atoms. The number of carbonyl (C=O) groups excluding carboxylic acids is 1. The van der Waals surface area contributed by atoms with E-state index in [1.807, 2.05) is 6.07 Å². The number of hydrogen-bond acceptors (Lipinski definition) is 3. The fourth-order valence-corrected chi connectivity index (χ4v) is 4.74. The van der Waals surface area contributed by atoms with Gasteiger partial charge >= 0.3 is 5.97 Å². The fraction of sp³-hybridized carbons (Fsp3) is 0.0667. The van der Waals surface area contributed by atoms with Crippen LogP contribution in [0.4, 0.5) is 14.5 Å². The van der Waals surface area contributed by atoms with Crippen molar-refractivity contribution in [1.82, 2.24) is 4.98 Å². The van der Waals surface area contributed by atoms with Crippen LogP contribution in [-0.2, 0) is 6.42 Å². The number of carboxylic acids is 1. The third-order valence-corrected chi connectivity index (χ3v) is 6.50. The Labute approximate surface area is 226 Å². The molecule has 5 aromatic rings. The summed E-state index contributed by atoms with van der Waals surface area (Å²) < 4.78 is 33.2. The van der Waals surface area contributed by atoms with E-state index < -0.39 is 23.5 Å². The molecule has 1 amide bonds. The lowest BCUT2D eigenvalue weighted by Crippen LogP contribution is -2.14. The normalized spacial score (nSPS) is 11.0. The maximum Gasteiger partial charge on any atom is 0.354 e. The number of anilines is 1. The zero-order valence-electron chi connectivity index (χ0n) is 20.5. The topological polar surface area (TPSA) is 91.4 Å². The minimum absolute atomic E-state index is 0.0762. The van der Waals surface area contributed by atoms with Gasteiger partial charge in [-0.1, -0.05) is 23.7 Å². The Bertz CT molecular complexity index is 1710. The molecule has 0 aliphatic heterocycles. The van der Waals surface area contributed by atoms with Crippen LogP contribution in [0.3, 0.4) is 0 Å². The number of amides is 1. The number of aromatic carboxylic acids is 1. The summed E-state index contributed by atoms with van der Waals surface area (Å²) in [5.41, 5.74) is 2.68. The Morgan fingerprint density at radius 2 is 1.64 bits per heavy atom. The van der Waals surface area contributed by atoms with Crippen LogP contribution in [-0.4, -0.2) is 29.1 Å². The largest absolute Gasteiger partial charge is 0.497 e. The van der Waals surface area contributed by atoms with Gasteiger partial charge in [0, 0.05) is 27.6 Å². The first kappa shape index (κ1) is 25.9. The van der Waals surface area contributed by atoms with Crippen LogP contribution in [0.15, 0.2) is 78.9 Å². The first-order valence-corrected chi connectivity index (χ1v) is 12.2. The molecule has 1 aromatic heterocycles. The number of H-pyrrole nitrogens is 1. The van der Waals surface area contributed by atoms with E-state index in [1.165, 1.54) is 19.2 Å². The molecule has 0 bridgehead atoms. The summed E-state index contributed by atoms with van der Waals surface area (Å²) in [5, 5.41) is 13.7. The fourth-order valence-electron chi connectivity index (χ4n) is 4.53. The Morgan fingerprint density at radius 3 is 2.28 bits per heavy atom. The number of ether oxygens (including phenoxy) is 1. The number of carbonyl (C=O) groups is 2. The molecular formula is C30H21ClF2N2O4.